The maximum Gasteiger partial charge on any atom is 0.318 e. The van der Waals surface area contributed by atoms with E-state index in [1.165, 1.54) is 18.9 Å². The molecule has 3 N–H and O–H groups in total. The maximum atomic E-state index is 11.0. The quantitative estimate of drug-likeness (QED) is 0.531. The third-order valence-electron chi connectivity index (χ3n) is 1.30. The van der Waals surface area contributed by atoms with Gasteiger partial charge in [-0.2, -0.15) is 4.98 Å². The summed E-state index contributed by atoms with van der Waals surface area (Å²) < 4.78 is 4.53. The van der Waals surface area contributed by atoms with Crippen LogP contribution in [0.25, 0.3) is 0 Å². The number of carbonyl (C=O) groups excluding carboxylic acids is 1. The van der Waals surface area contributed by atoms with Crippen LogP contribution in [0, 0.1) is 0 Å². The van der Waals surface area contributed by atoms with Gasteiger partial charge in [0.1, 0.15) is 5.25 Å². The van der Waals surface area contributed by atoms with Gasteiger partial charge in [-0.25, -0.2) is 5.10 Å². The first-order valence-electron chi connectivity index (χ1n) is 3.56. The number of anilines is 1. The Labute approximate surface area is 79.2 Å². The van der Waals surface area contributed by atoms with Crippen molar-refractivity contribution in [2.75, 3.05) is 12.8 Å². The number of aromatic amines is 1. The lowest BCUT2D eigenvalue weighted by Gasteiger charge is -2.04. The number of nitrogen functional groups attached to an aromatic ring is 1. The van der Waals surface area contributed by atoms with E-state index in [1.54, 1.807) is 6.92 Å². The van der Waals surface area contributed by atoms with Gasteiger partial charge in [-0.05, 0) is 6.92 Å². The maximum absolute atomic E-state index is 11.0. The minimum Gasteiger partial charge on any atom is -0.468 e. The van der Waals surface area contributed by atoms with Gasteiger partial charge in [0, 0.05) is 0 Å². The summed E-state index contributed by atoms with van der Waals surface area (Å²) >= 11 is 1.19. The molecule has 1 atom stereocenters. The van der Waals surface area contributed by atoms with Crippen molar-refractivity contribution in [3.63, 3.8) is 0 Å². The van der Waals surface area contributed by atoms with Crippen LogP contribution in [0.5, 0.6) is 0 Å². The molecule has 1 aromatic rings. The van der Waals surface area contributed by atoms with Crippen LogP contribution < -0.4 is 5.73 Å². The Kier molecular flexibility index (Phi) is 3.13. The standard InChI is InChI=1S/C6H10N4O2S/c1-3(4(11)12-2)13-6-8-5(7)9-10-6/h3H,1-2H3,(H3,7,8,9,10)/t3-/m1/s1. The van der Waals surface area contributed by atoms with Gasteiger partial charge in [-0.3, -0.25) is 4.79 Å². The first-order chi connectivity index (χ1) is 6.13. The van der Waals surface area contributed by atoms with Gasteiger partial charge in [-0.1, -0.05) is 11.8 Å². The molecule has 1 heterocycles. The summed E-state index contributed by atoms with van der Waals surface area (Å²) in [5, 5.41) is 6.35. The summed E-state index contributed by atoms with van der Waals surface area (Å²) in [6.45, 7) is 1.71. The number of hydrogen-bond acceptors (Lipinski definition) is 6. The number of thioether (sulfide) groups is 1. The van der Waals surface area contributed by atoms with Gasteiger partial charge in [0.15, 0.2) is 0 Å². The summed E-state index contributed by atoms with van der Waals surface area (Å²) in [5.74, 6) is -0.0760. The fourth-order valence-electron chi connectivity index (χ4n) is 0.683. The Balaban J connectivity index is 2.54. The lowest BCUT2D eigenvalue weighted by Crippen LogP contribution is -2.14. The van der Waals surface area contributed by atoms with Crippen LogP contribution >= 0.6 is 11.8 Å². The zero-order chi connectivity index (χ0) is 9.84. The van der Waals surface area contributed by atoms with Gasteiger partial charge in [0.2, 0.25) is 11.1 Å². The van der Waals surface area contributed by atoms with Crippen molar-refractivity contribution in [2.45, 2.75) is 17.3 Å². The zero-order valence-corrected chi connectivity index (χ0v) is 8.09. The first-order valence-corrected chi connectivity index (χ1v) is 4.44. The average molecular weight is 202 g/mol. The number of aromatic nitrogens is 3. The van der Waals surface area contributed by atoms with E-state index in [-0.39, 0.29) is 17.2 Å². The molecule has 0 bridgehead atoms. The van der Waals surface area contributed by atoms with Crippen molar-refractivity contribution in [1.29, 1.82) is 0 Å². The third-order valence-corrected chi connectivity index (χ3v) is 2.24. The van der Waals surface area contributed by atoms with Crippen LogP contribution in [0.3, 0.4) is 0 Å². The summed E-state index contributed by atoms with van der Waals surface area (Å²) in [7, 11) is 1.34. The SMILES string of the molecule is COC(=O)[C@@H](C)Sc1n[nH]c(N)n1. The Hall–Kier alpha value is -1.24. The molecule has 0 fully saturated rings. The number of ether oxygens (including phenoxy) is 1. The first kappa shape index (κ1) is 9.85. The van der Waals surface area contributed by atoms with E-state index in [1.807, 2.05) is 0 Å². The van der Waals surface area contributed by atoms with E-state index in [2.05, 4.69) is 19.9 Å². The van der Waals surface area contributed by atoms with E-state index in [4.69, 9.17) is 5.73 Å². The van der Waals surface area contributed by atoms with E-state index in [0.29, 0.717) is 5.16 Å². The van der Waals surface area contributed by atoms with Crippen molar-refractivity contribution in [1.82, 2.24) is 15.2 Å². The van der Waals surface area contributed by atoms with Crippen LogP contribution in [0.4, 0.5) is 5.95 Å². The predicted molar refractivity (Wildman–Crippen MR) is 48.1 cm³/mol. The second-order valence-corrected chi connectivity index (χ2v) is 3.59. The predicted octanol–water partition coefficient (Wildman–Crippen LogP) is 0.0405. The van der Waals surface area contributed by atoms with Crippen molar-refractivity contribution in [2.24, 2.45) is 0 Å². The topological polar surface area (TPSA) is 93.9 Å². The number of nitrogens with zero attached hydrogens (tertiary/aromatic N) is 2. The highest BCUT2D eigenvalue weighted by Crippen LogP contribution is 2.19. The van der Waals surface area contributed by atoms with Gasteiger partial charge >= 0.3 is 5.97 Å². The number of hydrogen-bond donors (Lipinski definition) is 2. The largest absolute Gasteiger partial charge is 0.468 e. The van der Waals surface area contributed by atoms with Crippen LogP contribution in [0.15, 0.2) is 5.16 Å². The minimum absolute atomic E-state index is 0.236. The molecule has 0 saturated heterocycles. The molecule has 1 aromatic heterocycles. The number of nitrogens with one attached hydrogen (secondary N) is 1. The number of esters is 1. The van der Waals surface area contributed by atoms with Crippen LogP contribution in [0.1, 0.15) is 6.92 Å². The third kappa shape index (κ3) is 2.62. The number of rotatable bonds is 3. The molecule has 72 valence electrons. The molecule has 0 spiro atoms. The second-order valence-electron chi connectivity index (χ2n) is 2.29. The van der Waals surface area contributed by atoms with Crippen LogP contribution in [0.2, 0.25) is 0 Å². The molecular weight excluding hydrogens is 192 g/mol. The van der Waals surface area contributed by atoms with Gasteiger partial charge < -0.3 is 10.5 Å². The second kappa shape index (κ2) is 4.13. The normalized spacial score (nSPS) is 12.5. The zero-order valence-electron chi connectivity index (χ0n) is 7.27. The average Bonchev–Trinajstić information content (AvgIpc) is 2.49. The molecule has 0 aliphatic heterocycles. The minimum atomic E-state index is -0.333. The molecule has 1 rings (SSSR count). The molecule has 0 saturated carbocycles. The van der Waals surface area contributed by atoms with Gasteiger partial charge in [0.05, 0.1) is 7.11 Å². The highest BCUT2D eigenvalue weighted by atomic mass is 32.2. The molecule has 13 heavy (non-hydrogen) atoms. The number of H-pyrrole nitrogens is 1. The molecule has 0 unspecified atom stereocenters. The number of nitrogens with two attached hydrogens (primary N) is 1. The highest BCUT2D eigenvalue weighted by molar-refractivity contribution is 8.00. The fraction of sp³-hybridized carbons (Fsp3) is 0.500. The monoisotopic (exact) mass is 202 g/mol. The molecule has 0 amide bonds. The Morgan fingerprint density at radius 2 is 2.46 bits per heavy atom. The molecule has 0 aliphatic rings. The molecule has 6 nitrogen and oxygen atoms in total. The van der Waals surface area contributed by atoms with Gasteiger partial charge in [-0.15, -0.1) is 5.10 Å². The smallest absolute Gasteiger partial charge is 0.318 e. The lowest BCUT2D eigenvalue weighted by molar-refractivity contribution is -0.139. The van der Waals surface area contributed by atoms with Crippen molar-refractivity contribution >= 4 is 23.7 Å². The van der Waals surface area contributed by atoms with E-state index in [9.17, 15) is 4.79 Å². The fourth-order valence-corrected chi connectivity index (χ4v) is 1.44. The summed E-state index contributed by atoms with van der Waals surface area (Å²) in [6, 6.07) is 0. The lowest BCUT2D eigenvalue weighted by atomic mass is 10.5. The number of carbonyl (C=O) groups is 1. The molecule has 7 heteroatoms. The molecular formula is C6H10N4O2S. The summed E-state index contributed by atoms with van der Waals surface area (Å²) in [5.41, 5.74) is 5.30. The molecule has 0 aromatic carbocycles. The molecule has 0 aliphatic carbocycles. The van der Waals surface area contributed by atoms with Crippen molar-refractivity contribution in [3.8, 4) is 0 Å². The Morgan fingerprint density at radius 1 is 1.77 bits per heavy atom. The van der Waals surface area contributed by atoms with Gasteiger partial charge in [0.25, 0.3) is 0 Å². The summed E-state index contributed by atoms with van der Waals surface area (Å²) in [6.07, 6.45) is 0. The summed E-state index contributed by atoms with van der Waals surface area (Å²) in [4.78, 5) is 14.8. The van der Waals surface area contributed by atoms with E-state index >= 15 is 0 Å². The van der Waals surface area contributed by atoms with E-state index in [0.717, 1.165) is 0 Å². The Morgan fingerprint density at radius 3 is 2.92 bits per heavy atom. The van der Waals surface area contributed by atoms with Crippen molar-refractivity contribution < 1.29 is 9.53 Å². The van der Waals surface area contributed by atoms with Crippen molar-refractivity contribution in [3.05, 3.63) is 0 Å². The molecule has 0 radical (unpaired) electrons. The van der Waals surface area contributed by atoms with Crippen LogP contribution in [-0.4, -0.2) is 33.5 Å². The van der Waals surface area contributed by atoms with E-state index < -0.39 is 0 Å². The highest BCUT2D eigenvalue weighted by Gasteiger charge is 2.16. The Bertz CT molecular complexity index is 301. The van der Waals surface area contributed by atoms with Crippen LogP contribution in [-0.2, 0) is 9.53 Å². The number of methoxy groups -OCH3 is 1.